The van der Waals surface area contributed by atoms with E-state index in [2.05, 4.69) is 0 Å². The van der Waals surface area contributed by atoms with Crippen LogP contribution < -0.4 is 5.73 Å². The van der Waals surface area contributed by atoms with E-state index in [1.54, 1.807) is 0 Å². The summed E-state index contributed by atoms with van der Waals surface area (Å²) >= 11 is 0. The van der Waals surface area contributed by atoms with Crippen LogP contribution in [-0.4, -0.2) is 25.3 Å². The number of primary amides is 1. The van der Waals surface area contributed by atoms with E-state index in [1.807, 2.05) is 6.92 Å². The Balaban J connectivity index is 4.16. The Morgan fingerprint density at radius 1 is 1.38 bits per heavy atom. The first-order chi connectivity index (χ1) is 5.91. The van der Waals surface area contributed by atoms with E-state index in [1.165, 1.54) is 6.92 Å². The minimum absolute atomic E-state index is 0.0605. The molecule has 0 saturated carbocycles. The summed E-state index contributed by atoms with van der Waals surface area (Å²) in [4.78, 5) is 10.6. The summed E-state index contributed by atoms with van der Waals surface area (Å²) in [6.07, 6.45) is 2.43. The average Bonchev–Trinajstić information content (AvgIpc) is 2.03. The predicted molar refractivity (Wildman–Crippen MR) is 52.0 cm³/mol. The molecule has 78 valence electrons. The Labute approximate surface area is 79.4 Å². The van der Waals surface area contributed by atoms with Crippen LogP contribution in [0.1, 0.15) is 33.1 Å². The van der Waals surface area contributed by atoms with Crippen LogP contribution in [0.4, 0.5) is 0 Å². The molecule has 13 heavy (non-hydrogen) atoms. The lowest BCUT2D eigenvalue weighted by Crippen LogP contribution is -2.34. The van der Waals surface area contributed by atoms with Gasteiger partial charge in [0.25, 0.3) is 0 Å². The fourth-order valence-electron chi connectivity index (χ4n) is 0.907. The van der Waals surface area contributed by atoms with Crippen LogP contribution in [0.15, 0.2) is 0 Å². The van der Waals surface area contributed by atoms with Crippen LogP contribution in [0.25, 0.3) is 0 Å². The Bertz CT molecular complexity index is 259. The number of unbranched alkanes of at least 4 members (excludes halogenated alkanes) is 2. The highest BCUT2D eigenvalue weighted by Crippen LogP contribution is 2.05. The number of sulfone groups is 1. The molecule has 2 N–H and O–H groups in total. The summed E-state index contributed by atoms with van der Waals surface area (Å²) in [5, 5.41) is -1.05. The highest BCUT2D eigenvalue weighted by molar-refractivity contribution is 7.92. The second-order valence-electron chi connectivity index (χ2n) is 3.12. The normalized spacial score (nSPS) is 14.0. The maximum Gasteiger partial charge on any atom is 0.235 e. The van der Waals surface area contributed by atoms with E-state index in [-0.39, 0.29) is 5.75 Å². The fourth-order valence-corrected chi connectivity index (χ4v) is 2.22. The van der Waals surface area contributed by atoms with Crippen molar-refractivity contribution in [1.82, 2.24) is 0 Å². The molecule has 4 nitrogen and oxygen atoms in total. The lowest BCUT2D eigenvalue weighted by Gasteiger charge is -2.08. The Kier molecular flexibility index (Phi) is 4.98. The Morgan fingerprint density at radius 3 is 2.31 bits per heavy atom. The molecule has 0 aliphatic carbocycles. The second kappa shape index (κ2) is 5.21. The Hall–Kier alpha value is -0.580. The molecule has 0 aromatic heterocycles. The van der Waals surface area contributed by atoms with Gasteiger partial charge in [0.05, 0.1) is 5.75 Å². The highest BCUT2D eigenvalue weighted by Gasteiger charge is 2.24. The van der Waals surface area contributed by atoms with Gasteiger partial charge in [-0.2, -0.15) is 0 Å². The molecule has 1 atom stereocenters. The van der Waals surface area contributed by atoms with Gasteiger partial charge in [-0.1, -0.05) is 19.8 Å². The van der Waals surface area contributed by atoms with Crippen molar-refractivity contribution in [3.8, 4) is 0 Å². The van der Waals surface area contributed by atoms with Gasteiger partial charge in [0, 0.05) is 0 Å². The minimum Gasteiger partial charge on any atom is -0.369 e. The van der Waals surface area contributed by atoms with Crippen LogP contribution in [0.5, 0.6) is 0 Å². The first-order valence-electron chi connectivity index (χ1n) is 4.42. The monoisotopic (exact) mass is 207 g/mol. The van der Waals surface area contributed by atoms with Crippen LogP contribution in [0, 0.1) is 0 Å². The number of carbonyl (C=O) groups excluding carboxylic acids is 1. The van der Waals surface area contributed by atoms with Crippen molar-refractivity contribution >= 4 is 15.7 Å². The molecule has 1 unspecified atom stereocenters. The van der Waals surface area contributed by atoms with Gasteiger partial charge in [0.1, 0.15) is 5.25 Å². The number of carbonyl (C=O) groups is 1. The van der Waals surface area contributed by atoms with Crippen molar-refractivity contribution in [2.24, 2.45) is 5.73 Å². The standard InChI is InChI=1S/C8H17NO3S/c1-3-4-5-6-13(11,12)7(2)8(9)10/h7H,3-6H2,1-2H3,(H2,9,10). The van der Waals surface area contributed by atoms with Gasteiger partial charge in [-0.15, -0.1) is 0 Å². The average molecular weight is 207 g/mol. The van der Waals surface area contributed by atoms with Crippen LogP contribution >= 0.6 is 0 Å². The summed E-state index contributed by atoms with van der Waals surface area (Å²) in [6.45, 7) is 3.33. The van der Waals surface area contributed by atoms with Gasteiger partial charge < -0.3 is 5.73 Å². The van der Waals surface area contributed by atoms with E-state index in [4.69, 9.17) is 5.73 Å². The molecule has 0 aliphatic heterocycles. The van der Waals surface area contributed by atoms with Gasteiger partial charge in [0.15, 0.2) is 9.84 Å². The Morgan fingerprint density at radius 2 is 1.92 bits per heavy atom. The fraction of sp³-hybridized carbons (Fsp3) is 0.875. The van der Waals surface area contributed by atoms with Crippen molar-refractivity contribution in [1.29, 1.82) is 0 Å². The van der Waals surface area contributed by atoms with Gasteiger partial charge in [-0.25, -0.2) is 8.42 Å². The van der Waals surface area contributed by atoms with E-state index < -0.39 is 21.0 Å². The molecule has 5 heteroatoms. The van der Waals surface area contributed by atoms with Gasteiger partial charge in [0.2, 0.25) is 5.91 Å². The zero-order valence-electron chi connectivity index (χ0n) is 8.12. The molecular formula is C8H17NO3S. The van der Waals surface area contributed by atoms with Gasteiger partial charge >= 0.3 is 0 Å². The molecule has 0 heterocycles. The minimum atomic E-state index is -3.31. The van der Waals surface area contributed by atoms with Crippen LogP contribution in [0.3, 0.4) is 0 Å². The SMILES string of the molecule is CCCCCS(=O)(=O)C(C)C(N)=O. The first kappa shape index (κ1) is 12.4. The maximum absolute atomic E-state index is 11.3. The van der Waals surface area contributed by atoms with Crippen molar-refractivity contribution < 1.29 is 13.2 Å². The largest absolute Gasteiger partial charge is 0.369 e. The number of hydrogen-bond acceptors (Lipinski definition) is 3. The molecular weight excluding hydrogens is 190 g/mol. The molecule has 0 aliphatic rings. The molecule has 0 radical (unpaired) electrons. The first-order valence-corrected chi connectivity index (χ1v) is 6.14. The summed E-state index contributed by atoms with van der Waals surface area (Å²) in [5.41, 5.74) is 4.91. The number of hydrogen-bond donors (Lipinski definition) is 1. The summed E-state index contributed by atoms with van der Waals surface area (Å²) in [6, 6.07) is 0. The highest BCUT2D eigenvalue weighted by atomic mass is 32.2. The quantitative estimate of drug-likeness (QED) is 0.643. The smallest absolute Gasteiger partial charge is 0.235 e. The van der Waals surface area contributed by atoms with E-state index in [0.29, 0.717) is 6.42 Å². The molecule has 0 aromatic carbocycles. The van der Waals surface area contributed by atoms with Crippen molar-refractivity contribution in [2.75, 3.05) is 5.75 Å². The lowest BCUT2D eigenvalue weighted by atomic mass is 10.3. The third-order valence-corrected chi connectivity index (χ3v) is 4.14. The third-order valence-electron chi connectivity index (χ3n) is 1.97. The molecule has 0 rings (SSSR count). The number of rotatable bonds is 6. The number of amides is 1. The molecule has 0 fully saturated rings. The van der Waals surface area contributed by atoms with Crippen LogP contribution in [-0.2, 0) is 14.6 Å². The molecule has 0 aromatic rings. The maximum atomic E-state index is 11.3. The topological polar surface area (TPSA) is 77.2 Å². The summed E-state index contributed by atoms with van der Waals surface area (Å²) in [5.74, 6) is -0.707. The van der Waals surface area contributed by atoms with Crippen LogP contribution in [0.2, 0.25) is 0 Å². The van der Waals surface area contributed by atoms with E-state index in [9.17, 15) is 13.2 Å². The summed E-state index contributed by atoms with van der Waals surface area (Å²) in [7, 11) is -3.31. The second-order valence-corrected chi connectivity index (χ2v) is 5.56. The number of nitrogens with two attached hydrogens (primary N) is 1. The molecule has 0 spiro atoms. The van der Waals surface area contributed by atoms with Crippen molar-refractivity contribution in [3.63, 3.8) is 0 Å². The zero-order chi connectivity index (χ0) is 10.5. The van der Waals surface area contributed by atoms with Crippen molar-refractivity contribution in [3.05, 3.63) is 0 Å². The van der Waals surface area contributed by atoms with Gasteiger partial charge in [-0.05, 0) is 13.3 Å². The summed E-state index contributed by atoms with van der Waals surface area (Å²) < 4.78 is 22.7. The zero-order valence-corrected chi connectivity index (χ0v) is 8.93. The third kappa shape index (κ3) is 4.26. The molecule has 0 saturated heterocycles. The van der Waals surface area contributed by atoms with E-state index in [0.717, 1.165) is 12.8 Å². The van der Waals surface area contributed by atoms with Gasteiger partial charge in [-0.3, -0.25) is 4.79 Å². The lowest BCUT2D eigenvalue weighted by molar-refractivity contribution is -0.117. The molecule has 1 amide bonds. The van der Waals surface area contributed by atoms with E-state index >= 15 is 0 Å². The molecule has 0 bridgehead atoms. The van der Waals surface area contributed by atoms with Crippen molar-refractivity contribution in [2.45, 2.75) is 38.4 Å². The predicted octanol–water partition coefficient (Wildman–Crippen LogP) is 0.465.